The Bertz CT molecular complexity index is 915. The number of hydrogen-bond acceptors (Lipinski definition) is 4. The second-order valence-corrected chi connectivity index (χ2v) is 13.6. The molecule has 4 aliphatic carbocycles. The summed E-state index contributed by atoms with van der Waals surface area (Å²) in [4.78, 5) is 24.0. The zero-order valence-electron chi connectivity index (χ0n) is 24.6. The summed E-state index contributed by atoms with van der Waals surface area (Å²) in [5.41, 5.74) is 3.75. The lowest BCUT2D eigenvalue weighted by Gasteiger charge is -2.58. The Balaban J connectivity index is 1.42. The van der Waals surface area contributed by atoms with Gasteiger partial charge in [-0.25, -0.2) is 0 Å². The van der Waals surface area contributed by atoms with E-state index in [1.165, 1.54) is 49.7 Å². The van der Waals surface area contributed by atoms with Crippen molar-refractivity contribution in [3.63, 3.8) is 0 Å². The first kappa shape index (κ1) is 28.4. The number of fused-ring (bicyclic) bond motifs is 5. The molecule has 0 aromatic rings. The molecular weight excluding hydrogens is 460 g/mol. The van der Waals surface area contributed by atoms with Crippen LogP contribution in [0.2, 0.25) is 0 Å². The van der Waals surface area contributed by atoms with Crippen LogP contribution in [0.25, 0.3) is 0 Å². The van der Waals surface area contributed by atoms with Crippen LogP contribution in [-0.4, -0.2) is 24.6 Å². The topological polar surface area (TPSA) is 52.6 Å². The van der Waals surface area contributed by atoms with Crippen LogP contribution in [0.5, 0.6) is 0 Å². The maximum Gasteiger partial charge on any atom is 0.317 e. The molecule has 4 heteroatoms. The predicted molar refractivity (Wildman–Crippen MR) is 149 cm³/mol. The van der Waals surface area contributed by atoms with Crippen LogP contribution < -0.4 is 0 Å². The van der Waals surface area contributed by atoms with Gasteiger partial charge in [-0.3, -0.25) is 9.59 Å². The Morgan fingerprint density at radius 1 is 1.05 bits per heavy atom. The fourth-order valence-corrected chi connectivity index (χ4v) is 9.03. The molecule has 0 spiro atoms. The molecule has 0 bridgehead atoms. The molecule has 0 radical (unpaired) electrons. The first-order valence-electron chi connectivity index (χ1n) is 15.2. The zero-order valence-corrected chi connectivity index (χ0v) is 24.6. The number of hydrogen-bond donors (Lipinski definition) is 0. The minimum Gasteiger partial charge on any atom is -0.466 e. The van der Waals surface area contributed by atoms with Crippen LogP contribution in [0.3, 0.4) is 0 Å². The van der Waals surface area contributed by atoms with Crippen molar-refractivity contribution < 1.29 is 19.1 Å². The molecule has 0 aliphatic heterocycles. The molecule has 0 aromatic carbocycles. The zero-order chi connectivity index (χ0) is 27.0. The van der Waals surface area contributed by atoms with Gasteiger partial charge in [-0.15, -0.1) is 0 Å². The number of ether oxygens (including phenoxy) is 2. The van der Waals surface area contributed by atoms with E-state index in [0.29, 0.717) is 11.3 Å². The molecule has 208 valence electrons. The number of carbonyl (C=O) groups is 2. The Morgan fingerprint density at radius 3 is 2.51 bits per heavy atom. The van der Waals surface area contributed by atoms with E-state index in [0.717, 1.165) is 48.9 Å². The summed E-state index contributed by atoms with van der Waals surface area (Å²) in [5.74, 6) is 3.68. The molecule has 4 aliphatic rings. The molecule has 0 amide bonds. The summed E-state index contributed by atoms with van der Waals surface area (Å²) >= 11 is 0. The highest BCUT2D eigenvalue weighted by atomic mass is 16.6. The maximum absolute atomic E-state index is 12.3. The smallest absolute Gasteiger partial charge is 0.317 e. The molecule has 3 fully saturated rings. The van der Waals surface area contributed by atoms with Gasteiger partial charge in [0.2, 0.25) is 0 Å². The monoisotopic (exact) mass is 512 g/mol. The van der Waals surface area contributed by atoms with Crippen molar-refractivity contribution in [2.75, 3.05) is 6.61 Å². The molecule has 0 N–H and O–H groups in total. The van der Waals surface area contributed by atoms with Gasteiger partial charge in [-0.05, 0) is 112 Å². The summed E-state index contributed by atoms with van der Waals surface area (Å²) in [6.07, 6.45) is 15.4. The SMILES string of the molecule is CCOC(=O)CC(=O)O[C@H]1CC[C@@]2(C)C(=CC[C@H]3[C@@H]4CC[C@H]([C@H](C)C/C=C(\C)C(C)C)[C@@]4(C)CC[C@@H]32)C1. The minimum absolute atomic E-state index is 0.106. The average Bonchev–Trinajstić information content (AvgIpc) is 3.19. The maximum atomic E-state index is 12.3. The highest BCUT2D eigenvalue weighted by molar-refractivity contribution is 5.91. The van der Waals surface area contributed by atoms with Crippen LogP contribution >= 0.6 is 0 Å². The van der Waals surface area contributed by atoms with E-state index >= 15 is 0 Å². The van der Waals surface area contributed by atoms with Gasteiger partial charge in [0.05, 0.1) is 6.61 Å². The van der Waals surface area contributed by atoms with Crippen molar-refractivity contribution in [1.82, 2.24) is 0 Å². The Labute approximate surface area is 226 Å². The van der Waals surface area contributed by atoms with Gasteiger partial charge in [-0.1, -0.05) is 57.9 Å². The summed E-state index contributed by atoms with van der Waals surface area (Å²) in [7, 11) is 0. The third-order valence-electron chi connectivity index (χ3n) is 11.4. The van der Waals surface area contributed by atoms with E-state index in [2.05, 4.69) is 53.7 Å². The first-order chi connectivity index (χ1) is 17.5. The van der Waals surface area contributed by atoms with Crippen LogP contribution in [-0.2, 0) is 19.1 Å². The van der Waals surface area contributed by atoms with Gasteiger partial charge < -0.3 is 9.47 Å². The third-order valence-corrected chi connectivity index (χ3v) is 11.4. The molecule has 4 rings (SSSR count). The minimum atomic E-state index is -0.492. The van der Waals surface area contributed by atoms with E-state index in [1.807, 2.05) is 0 Å². The Morgan fingerprint density at radius 2 is 1.81 bits per heavy atom. The summed E-state index contributed by atoms with van der Waals surface area (Å²) in [6, 6.07) is 0. The normalized spacial score (nSPS) is 38.2. The number of carbonyl (C=O) groups excluding carboxylic acids is 2. The summed E-state index contributed by atoms with van der Waals surface area (Å²) in [5, 5.41) is 0. The molecule has 0 unspecified atom stereocenters. The van der Waals surface area contributed by atoms with Gasteiger partial charge in [0.15, 0.2) is 0 Å². The number of allylic oxidation sites excluding steroid dienone is 3. The molecule has 37 heavy (non-hydrogen) atoms. The van der Waals surface area contributed by atoms with Crippen molar-refractivity contribution in [3.05, 3.63) is 23.3 Å². The summed E-state index contributed by atoms with van der Waals surface area (Å²) in [6.45, 7) is 16.6. The highest BCUT2D eigenvalue weighted by Gasteiger charge is 2.59. The number of esters is 2. The quantitative estimate of drug-likeness (QED) is 0.187. The lowest BCUT2D eigenvalue weighted by Crippen LogP contribution is -2.51. The molecule has 8 atom stereocenters. The third kappa shape index (κ3) is 5.59. The first-order valence-corrected chi connectivity index (χ1v) is 15.2. The Hall–Kier alpha value is -1.58. The molecule has 0 heterocycles. The largest absolute Gasteiger partial charge is 0.466 e. The second-order valence-electron chi connectivity index (χ2n) is 13.6. The van der Waals surface area contributed by atoms with Gasteiger partial charge in [0, 0.05) is 6.42 Å². The molecular formula is C33H52O4. The van der Waals surface area contributed by atoms with Gasteiger partial charge in [0.25, 0.3) is 0 Å². The lowest BCUT2D eigenvalue weighted by atomic mass is 9.47. The highest BCUT2D eigenvalue weighted by Crippen LogP contribution is 2.67. The lowest BCUT2D eigenvalue weighted by molar-refractivity contribution is -0.159. The van der Waals surface area contributed by atoms with Crippen molar-refractivity contribution in [3.8, 4) is 0 Å². The fourth-order valence-electron chi connectivity index (χ4n) is 9.03. The van der Waals surface area contributed by atoms with Crippen LogP contribution in [0.1, 0.15) is 113 Å². The molecule has 3 saturated carbocycles. The van der Waals surface area contributed by atoms with Gasteiger partial charge >= 0.3 is 11.9 Å². The molecule has 0 aromatic heterocycles. The number of rotatable bonds is 8. The van der Waals surface area contributed by atoms with Crippen molar-refractivity contribution in [2.45, 2.75) is 119 Å². The molecule has 0 saturated heterocycles. The van der Waals surface area contributed by atoms with Crippen LogP contribution in [0.15, 0.2) is 23.3 Å². The predicted octanol–water partition coefficient (Wildman–Crippen LogP) is 8.06. The van der Waals surface area contributed by atoms with E-state index < -0.39 is 11.9 Å². The van der Waals surface area contributed by atoms with E-state index in [9.17, 15) is 9.59 Å². The van der Waals surface area contributed by atoms with Crippen molar-refractivity contribution >= 4 is 11.9 Å². The van der Waals surface area contributed by atoms with Crippen molar-refractivity contribution in [1.29, 1.82) is 0 Å². The van der Waals surface area contributed by atoms with E-state index in [1.54, 1.807) is 6.92 Å². The van der Waals surface area contributed by atoms with Gasteiger partial charge in [-0.2, -0.15) is 0 Å². The molecule has 4 nitrogen and oxygen atoms in total. The van der Waals surface area contributed by atoms with E-state index in [-0.39, 0.29) is 24.5 Å². The van der Waals surface area contributed by atoms with Gasteiger partial charge in [0.1, 0.15) is 12.5 Å². The summed E-state index contributed by atoms with van der Waals surface area (Å²) < 4.78 is 10.6. The fraction of sp³-hybridized carbons (Fsp3) is 0.818. The average molecular weight is 513 g/mol. The second kappa shape index (κ2) is 11.3. The standard InChI is InChI=1S/C33H52O4/c1-8-36-30(34)20-31(35)37-25-15-17-32(6)24(19-25)11-12-26-28-14-13-27(33(28,7)18-16-29(26)32)23(5)10-9-22(4)21(2)3/h9,11,21,23,25-29H,8,10,12-20H2,1-7H3/b22-9+/t23-,25+,26+,27-,28+,29+,32+,33-/m1/s1. The van der Waals surface area contributed by atoms with E-state index in [4.69, 9.17) is 9.47 Å². The van der Waals surface area contributed by atoms with Crippen LogP contribution in [0, 0.1) is 46.3 Å². The van der Waals surface area contributed by atoms with Crippen LogP contribution in [0.4, 0.5) is 0 Å². The Kier molecular flexibility index (Phi) is 8.65. The van der Waals surface area contributed by atoms with Crippen molar-refractivity contribution in [2.24, 2.45) is 46.3 Å².